The summed E-state index contributed by atoms with van der Waals surface area (Å²) in [4.78, 5) is 4.87. The van der Waals surface area contributed by atoms with Gasteiger partial charge in [-0.2, -0.15) is 0 Å². The standard InChI is InChI=1S/C22H29N.C3H8/c1-16-13-19(12-11-17-7-3-2-4-8-17)22-20(14-16)21(15-23-22)18-9-5-6-10-18;1-3-2/h5,9-10,13,15-17,20H,2-4,6-8,11-12,14H2,1H3;3H2,1-2H3. The Labute approximate surface area is 161 Å². The van der Waals surface area contributed by atoms with E-state index < -0.39 is 0 Å². The van der Waals surface area contributed by atoms with Gasteiger partial charge in [0.25, 0.3) is 0 Å². The second-order valence-electron chi connectivity index (χ2n) is 8.60. The predicted molar refractivity (Wildman–Crippen MR) is 114 cm³/mol. The molecule has 0 aromatic rings. The first-order chi connectivity index (χ1) is 12.7. The van der Waals surface area contributed by atoms with E-state index in [2.05, 4.69) is 51.3 Å². The molecule has 0 aromatic carbocycles. The molecule has 1 fully saturated rings. The molecule has 1 saturated carbocycles. The maximum Gasteiger partial charge on any atom is 0.0508 e. The molecule has 3 aliphatic carbocycles. The lowest BCUT2D eigenvalue weighted by molar-refractivity contribution is 0.339. The highest BCUT2D eigenvalue weighted by Crippen LogP contribution is 2.41. The van der Waals surface area contributed by atoms with Crippen LogP contribution in [0, 0.1) is 17.8 Å². The summed E-state index contributed by atoms with van der Waals surface area (Å²) in [5, 5.41) is 0. The Morgan fingerprint density at radius 2 is 1.88 bits per heavy atom. The van der Waals surface area contributed by atoms with Gasteiger partial charge in [-0.1, -0.05) is 83.6 Å². The zero-order chi connectivity index (χ0) is 18.4. The molecule has 0 amide bonds. The number of hydrogen-bond donors (Lipinski definition) is 0. The third kappa shape index (κ3) is 4.67. The molecule has 0 N–H and O–H groups in total. The lowest BCUT2D eigenvalue weighted by Crippen LogP contribution is -2.24. The van der Waals surface area contributed by atoms with E-state index in [9.17, 15) is 0 Å². The van der Waals surface area contributed by atoms with Crippen LogP contribution in [-0.4, -0.2) is 5.71 Å². The van der Waals surface area contributed by atoms with Gasteiger partial charge in [-0.3, -0.25) is 4.99 Å². The molecule has 1 nitrogen and oxygen atoms in total. The van der Waals surface area contributed by atoms with E-state index in [-0.39, 0.29) is 0 Å². The monoisotopic (exact) mass is 351 g/mol. The third-order valence-electron chi connectivity index (χ3n) is 6.12. The number of nitrogens with zero attached hydrogens (tertiary/aromatic N) is 1. The van der Waals surface area contributed by atoms with Crippen LogP contribution in [0.2, 0.25) is 0 Å². The molecule has 26 heavy (non-hydrogen) atoms. The second-order valence-corrected chi connectivity index (χ2v) is 8.60. The van der Waals surface area contributed by atoms with Crippen molar-refractivity contribution in [3.05, 3.63) is 47.2 Å². The molecular weight excluding hydrogens is 314 g/mol. The van der Waals surface area contributed by atoms with Crippen molar-refractivity contribution < 1.29 is 0 Å². The minimum absolute atomic E-state index is 0.561. The second kappa shape index (κ2) is 9.53. The molecule has 0 radical (unpaired) electrons. The largest absolute Gasteiger partial charge is 0.260 e. The zero-order valence-electron chi connectivity index (χ0n) is 17.1. The fraction of sp³-hybridized carbons (Fsp3) is 0.640. The van der Waals surface area contributed by atoms with Crippen LogP contribution in [-0.2, 0) is 0 Å². The van der Waals surface area contributed by atoms with Gasteiger partial charge in [-0.25, -0.2) is 0 Å². The number of rotatable bonds is 4. The molecule has 4 rings (SSSR count). The fourth-order valence-corrected chi connectivity index (χ4v) is 4.87. The van der Waals surface area contributed by atoms with Gasteiger partial charge < -0.3 is 0 Å². The molecule has 1 aliphatic heterocycles. The Morgan fingerprint density at radius 3 is 2.58 bits per heavy atom. The normalized spacial score (nSPS) is 27.8. The maximum atomic E-state index is 4.87. The molecule has 142 valence electrons. The zero-order valence-corrected chi connectivity index (χ0v) is 17.1. The Bertz CT molecular complexity index is 623. The summed E-state index contributed by atoms with van der Waals surface area (Å²) < 4.78 is 0. The van der Waals surface area contributed by atoms with Crippen molar-refractivity contribution in [3.63, 3.8) is 0 Å². The summed E-state index contributed by atoms with van der Waals surface area (Å²) in [6.45, 7) is 6.63. The molecule has 1 heterocycles. The predicted octanol–water partition coefficient (Wildman–Crippen LogP) is 7.57. The van der Waals surface area contributed by atoms with Crippen molar-refractivity contribution in [1.29, 1.82) is 0 Å². The quantitative estimate of drug-likeness (QED) is 0.495. The van der Waals surface area contributed by atoms with Crippen LogP contribution in [0.1, 0.15) is 85.0 Å². The van der Waals surface area contributed by atoms with E-state index in [1.54, 1.807) is 5.57 Å². The summed E-state index contributed by atoms with van der Waals surface area (Å²) in [6, 6.07) is 0. The van der Waals surface area contributed by atoms with E-state index in [0.29, 0.717) is 11.8 Å². The summed E-state index contributed by atoms with van der Waals surface area (Å²) in [5.41, 5.74) is 5.86. The molecule has 0 bridgehead atoms. The van der Waals surface area contributed by atoms with Gasteiger partial charge >= 0.3 is 0 Å². The first-order valence-electron chi connectivity index (χ1n) is 11.1. The molecule has 0 spiro atoms. The minimum atomic E-state index is 0.561. The van der Waals surface area contributed by atoms with Crippen molar-refractivity contribution in [1.82, 2.24) is 0 Å². The lowest BCUT2D eigenvalue weighted by atomic mass is 9.75. The van der Waals surface area contributed by atoms with Crippen LogP contribution in [0.3, 0.4) is 0 Å². The summed E-state index contributed by atoms with van der Waals surface area (Å²) >= 11 is 0. The van der Waals surface area contributed by atoms with Crippen LogP contribution in [0.25, 0.3) is 0 Å². The van der Waals surface area contributed by atoms with Gasteiger partial charge in [0.15, 0.2) is 0 Å². The van der Waals surface area contributed by atoms with Crippen LogP contribution in [0.15, 0.2) is 52.2 Å². The molecular formula is C25H37N. The molecule has 0 saturated heterocycles. The first-order valence-corrected chi connectivity index (χ1v) is 11.1. The van der Waals surface area contributed by atoms with Gasteiger partial charge in [0, 0.05) is 12.1 Å². The summed E-state index contributed by atoms with van der Waals surface area (Å²) in [7, 11) is 0. The van der Waals surface area contributed by atoms with Gasteiger partial charge in [0.05, 0.1) is 5.71 Å². The van der Waals surface area contributed by atoms with Gasteiger partial charge in [0.2, 0.25) is 0 Å². The van der Waals surface area contributed by atoms with E-state index in [4.69, 9.17) is 4.99 Å². The average molecular weight is 352 g/mol. The van der Waals surface area contributed by atoms with E-state index in [1.807, 2.05) is 0 Å². The van der Waals surface area contributed by atoms with Crippen molar-refractivity contribution in [3.8, 4) is 0 Å². The number of hydrogen-bond acceptors (Lipinski definition) is 1. The van der Waals surface area contributed by atoms with E-state index in [1.165, 1.54) is 74.6 Å². The highest BCUT2D eigenvalue weighted by Gasteiger charge is 2.33. The van der Waals surface area contributed by atoms with Crippen molar-refractivity contribution >= 4 is 5.71 Å². The van der Waals surface area contributed by atoms with Crippen molar-refractivity contribution in [2.24, 2.45) is 22.7 Å². The van der Waals surface area contributed by atoms with Crippen LogP contribution < -0.4 is 0 Å². The van der Waals surface area contributed by atoms with E-state index in [0.717, 1.165) is 12.3 Å². The summed E-state index contributed by atoms with van der Waals surface area (Å²) in [5.74, 6) is 2.22. The van der Waals surface area contributed by atoms with Gasteiger partial charge in [-0.05, 0) is 54.2 Å². The lowest BCUT2D eigenvalue weighted by Gasteiger charge is -2.29. The summed E-state index contributed by atoms with van der Waals surface area (Å²) in [6.07, 6.45) is 25.1. The molecule has 1 heteroatoms. The SMILES string of the molecule is CC1C=C(CCC2CCCCC2)C2=NC=C(C3=CCC=C3)C2C1.CCC. The Hall–Kier alpha value is -1.37. The average Bonchev–Trinajstić information content (AvgIpc) is 3.30. The number of aliphatic imine (C=N–C) groups is 1. The molecule has 4 aliphatic rings. The minimum Gasteiger partial charge on any atom is -0.260 e. The van der Waals surface area contributed by atoms with Gasteiger partial charge in [-0.15, -0.1) is 0 Å². The number of allylic oxidation sites excluding steroid dienone is 7. The third-order valence-corrected chi connectivity index (χ3v) is 6.12. The van der Waals surface area contributed by atoms with Crippen LogP contribution in [0.5, 0.6) is 0 Å². The maximum absolute atomic E-state index is 4.87. The Morgan fingerprint density at radius 1 is 1.12 bits per heavy atom. The molecule has 2 atom stereocenters. The topological polar surface area (TPSA) is 12.4 Å². The van der Waals surface area contributed by atoms with Crippen molar-refractivity contribution in [2.45, 2.75) is 85.0 Å². The Balaban J connectivity index is 0.000000613. The molecule has 2 unspecified atom stereocenters. The molecule has 0 aromatic heterocycles. The van der Waals surface area contributed by atoms with Gasteiger partial charge in [0.1, 0.15) is 0 Å². The highest BCUT2D eigenvalue weighted by atomic mass is 14.8. The highest BCUT2D eigenvalue weighted by molar-refractivity contribution is 6.06. The Kier molecular flexibility index (Phi) is 7.11. The van der Waals surface area contributed by atoms with E-state index >= 15 is 0 Å². The smallest absolute Gasteiger partial charge is 0.0508 e. The van der Waals surface area contributed by atoms with Crippen LogP contribution in [0.4, 0.5) is 0 Å². The number of fused-ring (bicyclic) bond motifs is 1. The fourth-order valence-electron chi connectivity index (χ4n) is 4.87. The van der Waals surface area contributed by atoms with Crippen LogP contribution >= 0.6 is 0 Å². The van der Waals surface area contributed by atoms with Crippen molar-refractivity contribution in [2.75, 3.05) is 0 Å². The first kappa shape index (κ1) is 19.4.